The second-order valence-electron chi connectivity index (χ2n) is 9.60. The smallest absolute Gasteiger partial charge is 0.272 e. The molecule has 1 aromatic heterocycles. The molecule has 0 aliphatic rings. The van der Waals surface area contributed by atoms with Crippen LogP contribution in [0.1, 0.15) is 15.9 Å². The molecule has 0 unspecified atom stereocenters. The highest BCUT2D eigenvalue weighted by Crippen LogP contribution is 2.28. The van der Waals surface area contributed by atoms with Gasteiger partial charge in [-0.2, -0.15) is 0 Å². The van der Waals surface area contributed by atoms with E-state index in [2.05, 4.69) is 36.9 Å². The molecule has 0 saturated heterocycles. The molecule has 5 rings (SSSR count). The maximum absolute atomic E-state index is 13.4. The van der Waals surface area contributed by atoms with Crippen molar-refractivity contribution in [2.24, 2.45) is 0 Å². The maximum atomic E-state index is 13.4. The number of rotatable bonds is 11. The van der Waals surface area contributed by atoms with Crippen molar-refractivity contribution in [3.63, 3.8) is 0 Å². The molecule has 0 fully saturated rings. The highest BCUT2D eigenvalue weighted by molar-refractivity contribution is 9.10. The second-order valence-corrected chi connectivity index (χ2v) is 12.4. The monoisotopic (exact) mass is 713 g/mol. The van der Waals surface area contributed by atoms with Crippen LogP contribution in [0.4, 0.5) is 16.5 Å². The quantitative estimate of drug-likeness (QED) is 0.0553. The summed E-state index contributed by atoms with van der Waals surface area (Å²) in [6.07, 6.45) is 1.59. The number of anilines is 2. The van der Waals surface area contributed by atoms with Crippen LogP contribution in [0.15, 0.2) is 124 Å². The Labute approximate surface area is 280 Å². The van der Waals surface area contributed by atoms with Gasteiger partial charge in [-0.3, -0.25) is 24.5 Å². The molecule has 5 aromatic rings. The number of nitro groups is 1. The molecule has 230 valence electrons. The number of nitrogens with zero attached hydrogens (tertiary/aromatic N) is 2. The third-order valence-electron chi connectivity index (χ3n) is 6.25. The lowest BCUT2D eigenvalue weighted by molar-refractivity contribution is -0.384. The van der Waals surface area contributed by atoms with Crippen LogP contribution in [0.5, 0.6) is 0 Å². The van der Waals surface area contributed by atoms with E-state index in [4.69, 9.17) is 0 Å². The first-order valence-corrected chi connectivity index (χ1v) is 16.3. The molecule has 1 heterocycles. The van der Waals surface area contributed by atoms with Crippen molar-refractivity contribution in [3.8, 4) is 11.3 Å². The van der Waals surface area contributed by atoms with Gasteiger partial charge in [-0.1, -0.05) is 64.5 Å². The van der Waals surface area contributed by atoms with Gasteiger partial charge in [-0.25, -0.2) is 4.98 Å². The van der Waals surface area contributed by atoms with Crippen molar-refractivity contribution in [1.82, 2.24) is 10.3 Å². The van der Waals surface area contributed by atoms with Crippen LogP contribution >= 0.6 is 39.0 Å². The zero-order valence-electron chi connectivity index (χ0n) is 23.8. The maximum Gasteiger partial charge on any atom is 0.272 e. The molecule has 3 N–H and O–H groups in total. The number of aromatic nitrogens is 1. The summed E-state index contributed by atoms with van der Waals surface area (Å²) >= 11 is 5.91. The minimum atomic E-state index is -0.521. The molecule has 0 aliphatic carbocycles. The van der Waals surface area contributed by atoms with Gasteiger partial charge in [0.2, 0.25) is 5.91 Å². The van der Waals surface area contributed by atoms with Gasteiger partial charge in [0.15, 0.2) is 5.13 Å². The SMILES string of the molecule is O=C(CSc1cccc(NC(=O)/C(=C\c2cccc(Br)c2)NC(=O)c2ccccc2)c1)Nc1nc(-c2cccc([N+](=O)[O-])c2)cs1. The lowest BCUT2D eigenvalue weighted by atomic mass is 10.1. The Kier molecular flexibility index (Phi) is 10.7. The Bertz CT molecular complexity index is 1950. The molecule has 0 aliphatic heterocycles. The van der Waals surface area contributed by atoms with E-state index in [1.54, 1.807) is 72.1 Å². The third kappa shape index (κ3) is 8.97. The van der Waals surface area contributed by atoms with Gasteiger partial charge in [-0.15, -0.1) is 23.1 Å². The number of non-ortho nitro benzene ring substituents is 1. The van der Waals surface area contributed by atoms with Gasteiger partial charge >= 0.3 is 0 Å². The molecular formula is C33H24BrN5O5S2. The fourth-order valence-electron chi connectivity index (χ4n) is 4.11. The number of nitrogens with one attached hydrogen (secondary N) is 3. The zero-order valence-corrected chi connectivity index (χ0v) is 27.0. The second kappa shape index (κ2) is 15.3. The lowest BCUT2D eigenvalue weighted by Gasteiger charge is -2.12. The molecule has 0 bridgehead atoms. The number of halogens is 1. The van der Waals surface area contributed by atoms with Gasteiger partial charge in [0, 0.05) is 43.7 Å². The third-order valence-corrected chi connectivity index (χ3v) is 8.50. The summed E-state index contributed by atoms with van der Waals surface area (Å²) in [5, 5.41) is 21.5. The molecule has 0 radical (unpaired) electrons. The van der Waals surface area contributed by atoms with Gasteiger partial charge in [-0.05, 0) is 54.1 Å². The van der Waals surface area contributed by atoms with Crippen molar-refractivity contribution in [1.29, 1.82) is 0 Å². The Morgan fingerprint density at radius 3 is 2.48 bits per heavy atom. The summed E-state index contributed by atoms with van der Waals surface area (Å²) in [5.74, 6) is -1.16. The molecule has 10 nitrogen and oxygen atoms in total. The lowest BCUT2D eigenvalue weighted by Crippen LogP contribution is -2.30. The number of thiazole rings is 1. The van der Waals surface area contributed by atoms with Crippen LogP contribution in [0.25, 0.3) is 17.3 Å². The minimum Gasteiger partial charge on any atom is -0.321 e. The predicted octanol–water partition coefficient (Wildman–Crippen LogP) is 7.62. The molecule has 0 atom stereocenters. The van der Waals surface area contributed by atoms with E-state index in [-0.39, 0.29) is 23.0 Å². The number of thioether (sulfide) groups is 1. The first kappa shape index (κ1) is 32.3. The van der Waals surface area contributed by atoms with E-state index in [0.29, 0.717) is 33.2 Å². The van der Waals surface area contributed by atoms with E-state index in [0.717, 1.165) is 9.37 Å². The molecule has 13 heteroatoms. The topological polar surface area (TPSA) is 143 Å². The van der Waals surface area contributed by atoms with Crippen LogP contribution in [0.2, 0.25) is 0 Å². The normalized spacial score (nSPS) is 11.0. The van der Waals surface area contributed by atoms with Crippen LogP contribution in [0, 0.1) is 10.1 Å². The molecule has 4 aromatic carbocycles. The summed E-state index contributed by atoms with van der Waals surface area (Å²) in [6, 6.07) is 29.1. The largest absolute Gasteiger partial charge is 0.321 e. The Morgan fingerprint density at radius 1 is 0.913 bits per heavy atom. The van der Waals surface area contributed by atoms with Crippen molar-refractivity contribution >= 4 is 79.3 Å². The molecule has 0 spiro atoms. The van der Waals surface area contributed by atoms with E-state index in [1.807, 2.05) is 30.3 Å². The van der Waals surface area contributed by atoms with Crippen LogP contribution in [-0.4, -0.2) is 33.4 Å². The van der Waals surface area contributed by atoms with Crippen molar-refractivity contribution in [3.05, 3.63) is 140 Å². The van der Waals surface area contributed by atoms with E-state index in [1.165, 1.54) is 35.2 Å². The fourth-order valence-corrected chi connectivity index (χ4v) is 6.02. The minimum absolute atomic E-state index is 0.0421. The van der Waals surface area contributed by atoms with Gasteiger partial charge in [0.25, 0.3) is 17.5 Å². The van der Waals surface area contributed by atoms with Gasteiger partial charge < -0.3 is 16.0 Å². The highest BCUT2D eigenvalue weighted by Gasteiger charge is 2.16. The number of carbonyl (C=O) groups excluding carboxylic acids is 3. The highest BCUT2D eigenvalue weighted by atomic mass is 79.9. The first-order chi connectivity index (χ1) is 22.2. The average Bonchev–Trinajstić information content (AvgIpc) is 3.52. The van der Waals surface area contributed by atoms with Gasteiger partial charge in [0.1, 0.15) is 5.70 Å². The Hall–Kier alpha value is -5.11. The fraction of sp³-hybridized carbons (Fsp3) is 0.0303. The number of amides is 3. The number of nitro benzene ring substituents is 1. The average molecular weight is 715 g/mol. The number of hydrogen-bond donors (Lipinski definition) is 3. The summed E-state index contributed by atoms with van der Waals surface area (Å²) in [4.78, 5) is 54.7. The summed E-state index contributed by atoms with van der Waals surface area (Å²) in [7, 11) is 0. The van der Waals surface area contributed by atoms with E-state index in [9.17, 15) is 24.5 Å². The number of hydrogen-bond acceptors (Lipinski definition) is 8. The molecule has 0 saturated carbocycles. The van der Waals surface area contributed by atoms with Crippen molar-refractivity contribution < 1.29 is 19.3 Å². The van der Waals surface area contributed by atoms with E-state index < -0.39 is 16.7 Å². The summed E-state index contributed by atoms with van der Waals surface area (Å²) in [5.41, 5.74) is 2.70. The summed E-state index contributed by atoms with van der Waals surface area (Å²) < 4.78 is 0.821. The Morgan fingerprint density at radius 2 is 1.70 bits per heavy atom. The van der Waals surface area contributed by atoms with Crippen LogP contribution in [-0.2, 0) is 9.59 Å². The molecule has 3 amide bonds. The molecule has 46 heavy (non-hydrogen) atoms. The standard InChI is InChI=1S/C33H24BrN5O5S2/c34-24-11-4-7-21(15-24)16-28(36-31(41)22-8-2-1-3-9-22)32(42)35-25-12-6-14-27(18-25)45-20-30(40)38-33-37-29(19-46-33)23-10-5-13-26(17-23)39(43)44/h1-19H,20H2,(H,35,42)(H,36,41)(H,37,38,40)/b28-16+. The van der Waals surface area contributed by atoms with E-state index >= 15 is 0 Å². The Balaban J connectivity index is 1.22. The van der Waals surface area contributed by atoms with Crippen molar-refractivity contribution in [2.75, 3.05) is 16.4 Å². The number of benzene rings is 4. The van der Waals surface area contributed by atoms with Crippen LogP contribution < -0.4 is 16.0 Å². The summed E-state index contributed by atoms with van der Waals surface area (Å²) in [6.45, 7) is 0. The van der Waals surface area contributed by atoms with Gasteiger partial charge in [0.05, 0.1) is 16.4 Å². The molecular weight excluding hydrogens is 690 g/mol. The van der Waals surface area contributed by atoms with Crippen LogP contribution in [0.3, 0.4) is 0 Å². The van der Waals surface area contributed by atoms with Crippen molar-refractivity contribution in [2.45, 2.75) is 4.90 Å². The zero-order chi connectivity index (χ0) is 32.5. The number of carbonyl (C=O) groups is 3. The predicted molar refractivity (Wildman–Crippen MR) is 185 cm³/mol. The first-order valence-electron chi connectivity index (χ1n) is 13.6.